The molecule has 0 fully saturated rings. The van der Waals surface area contributed by atoms with Crippen molar-refractivity contribution >= 4 is 11.6 Å². The van der Waals surface area contributed by atoms with E-state index in [4.69, 9.17) is 5.26 Å². The molecule has 0 unspecified atom stereocenters. The van der Waals surface area contributed by atoms with Crippen LogP contribution in [0, 0.1) is 24.1 Å². The molecule has 1 amide bonds. The van der Waals surface area contributed by atoms with Gasteiger partial charge >= 0.3 is 0 Å². The summed E-state index contributed by atoms with van der Waals surface area (Å²) >= 11 is 0. The van der Waals surface area contributed by atoms with Gasteiger partial charge in [0.2, 0.25) is 5.91 Å². The maximum Gasteiger partial charge on any atom is 0.239 e. The SMILES string of the molecule is Cc1cc(F)cc(NCC(=O)NCCC#N)c1. The van der Waals surface area contributed by atoms with E-state index in [1.165, 1.54) is 12.1 Å². The Labute approximate surface area is 99.4 Å². The van der Waals surface area contributed by atoms with Gasteiger partial charge in [0.1, 0.15) is 5.82 Å². The lowest BCUT2D eigenvalue weighted by atomic mass is 10.2. The number of nitrogens with one attached hydrogen (secondary N) is 2. The number of anilines is 1. The van der Waals surface area contributed by atoms with Crippen LogP contribution in [0.15, 0.2) is 18.2 Å². The first-order valence-corrected chi connectivity index (χ1v) is 5.26. The molecule has 2 N–H and O–H groups in total. The Kier molecular flexibility index (Phi) is 4.95. The molecule has 90 valence electrons. The van der Waals surface area contributed by atoms with E-state index < -0.39 is 0 Å². The highest BCUT2D eigenvalue weighted by molar-refractivity contribution is 5.80. The Balaban J connectivity index is 2.39. The second kappa shape index (κ2) is 6.48. The van der Waals surface area contributed by atoms with Crippen molar-refractivity contribution in [2.45, 2.75) is 13.3 Å². The molecule has 0 aliphatic rings. The largest absolute Gasteiger partial charge is 0.376 e. The number of hydrogen-bond acceptors (Lipinski definition) is 3. The quantitative estimate of drug-likeness (QED) is 0.761. The highest BCUT2D eigenvalue weighted by Crippen LogP contribution is 2.12. The van der Waals surface area contributed by atoms with Crippen LogP contribution >= 0.6 is 0 Å². The standard InChI is InChI=1S/C12H14FN3O/c1-9-5-10(13)7-11(6-9)16-8-12(17)15-4-2-3-14/h5-7,16H,2,4,8H2,1H3,(H,15,17). The van der Waals surface area contributed by atoms with Crippen LogP contribution in [-0.4, -0.2) is 19.0 Å². The van der Waals surface area contributed by atoms with Gasteiger partial charge in [-0.2, -0.15) is 5.26 Å². The van der Waals surface area contributed by atoms with Crippen LogP contribution in [0.4, 0.5) is 10.1 Å². The van der Waals surface area contributed by atoms with Gasteiger partial charge in [-0.25, -0.2) is 4.39 Å². The maximum atomic E-state index is 13.0. The van der Waals surface area contributed by atoms with Crippen LogP contribution < -0.4 is 10.6 Å². The van der Waals surface area contributed by atoms with E-state index in [-0.39, 0.29) is 24.7 Å². The first kappa shape index (κ1) is 13.0. The monoisotopic (exact) mass is 235 g/mol. The summed E-state index contributed by atoms with van der Waals surface area (Å²) in [6.07, 6.45) is 0.283. The molecule has 0 aliphatic heterocycles. The maximum absolute atomic E-state index is 13.0. The summed E-state index contributed by atoms with van der Waals surface area (Å²) in [5.74, 6) is -0.556. The average Bonchev–Trinajstić information content (AvgIpc) is 2.25. The number of carbonyl (C=O) groups is 1. The van der Waals surface area contributed by atoms with Crippen molar-refractivity contribution in [1.29, 1.82) is 5.26 Å². The van der Waals surface area contributed by atoms with E-state index in [1.54, 1.807) is 13.0 Å². The van der Waals surface area contributed by atoms with Crippen molar-refractivity contribution < 1.29 is 9.18 Å². The molecule has 0 saturated heterocycles. The molecule has 0 heterocycles. The van der Waals surface area contributed by atoms with Crippen molar-refractivity contribution in [3.8, 4) is 6.07 Å². The normalized spacial score (nSPS) is 9.47. The number of carbonyl (C=O) groups excluding carboxylic acids is 1. The fourth-order valence-electron chi connectivity index (χ4n) is 1.34. The minimum absolute atomic E-state index is 0.0638. The summed E-state index contributed by atoms with van der Waals surface area (Å²) in [6.45, 7) is 2.18. The summed E-state index contributed by atoms with van der Waals surface area (Å²) < 4.78 is 13.0. The first-order valence-electron chi connectivity index (χ1n) is 5.26. The minimum atomic E-state index is -0.336. The van der Waals surface area contributed by atoms with E-state index >= 15 is 0 Å². The van der Waals surface area contributed by atoms with Crippen molar-refractivity contribution in [2.24, 2.45) is 0 Å². The second-order valence-corrected chi connectivity index (χ2v) is 3.63. The Morgan fingerprint density at radius 2 is 2.24 bits per heavy atom. The molecule has 0 saturated carbocycles. The molecule has 0 atom stereocenters. The third kappa shape index (κ3) is 4.98. The van der Waals surface area contributed by atoms with Crippen molar-refractivity contribution in [3.63, 3.8) is 0 Å². The third-order valence-electron chi connectivity index (χ3n) is 2.05. The Morgan fingerprint density at radius 1 is 1.47 bits per heavy atom. The van der Waals surface area contributed by atoms with E-state index in [1.807, 2.05) is 6.07 Å². The fourth-order valence-corrected chi connectivity index (χ4v) is 1.34. The van der Waals surface area contributed by atoms with Crippen LogP contribution in [0.2, 0.25) is 0 Å². The second-order valence-electron chi connectivity index (χ2n) is 3.63. The van der Waals surface area contributed by atoms with Gasteiger partial charge in [0, 0.05) is 12.2 Å². The zero-order valence-corrected chi connectivity index (χ0v) is 9.59. The van der Waals surface area contributed by atoms with Gasteiger partial charge in [-0.05, 0) is 30.7 Å². The summed E-state index contributed by atoms with van der Waals surface area (Å²) in [7, 11) is 0. The molecule has 1 aromatic carbocycles. The molecule has 17 heavy (non-hydrogen) atoms. The van der Waals surface area contributed by atoms with Crippen LogP contribution in [0.25, 0.3) is 0 Å². The topological polar surface area (TPSA) is 64.9 Å². The minimum Gasteiger partial charge on any atom is -0.376 e. The highest BCUT2D eigenvalue weighted by Gasteiger charge is 2.02. The molecule has 1 aromatic rings. The van der Waals surface area contributed by atoms with E-state index in [9.17, 15) is 9.18 Å². The van der Waals surface area contributed by atoms with E-state index in [0.29, 0.717) is 12.2 Å². The fraction of sp³-hybridized carbons (Fsp3) is 0.333. The zero-order chi connectivity index (χ0) is 12.7. The Bertz CT molecular complexity index is 420. The summed E-state index contributed by atoms with van der Waals surface area (Å²) in [5, 5.41) is 13.7. The van der Waals surface area contributed by atoms with Crippen LogP contribution in [0.3, 0.4) is 0 Å². The summed E-state index contributed by atoms with van der Waals surface area (Å²) in [5.41, 5.74) is 1.36. The van der Waals surface area contributed by atoms with Crippen LogP contribution in [0.1, 0.15) is 12.0 Å². The number of rotatable bonds is 5. The van der Waals surface area contributed by atoms with Gasteiger partial charge in [0.05, 0.1) is 19.0 Å². The van der Waals surface area contributed by atoms with Gasteiger partial charge in [-0.3, -0.25) is 4.79 Å². The molecule has 0 aromatic heterocycles. The molecule has 0 aliphatic carbocycles. The molecule has 4 nitrogen and oxygen atoms in total. The molecule has 1 rings (SSSR count). The summed E-state index contributed by atoms with van der Waals surface area (Å²) in [6, 6.07) is 6.43. The third-order valence-corrected chi connectivity index (χ3v) is 2.05. The lowest BCUT2D eigenvalue weighted by molar-refractivity contribution is -0.119. The van der Waals surface area contributed by atoms with E-state index in [2.05, 4.69) is 10.6 Å². The molecule has 0 spiro atoms. The molecular weight excluding hydrogens is 221 g/mol. The van der Waals surface area contributed by atoms with Crippen LogP contribution in [-0.2, 0) is 4.79 Å². The Hall–Kier alpha value is -2.09. The number of halogens is 1. The number of hydrogen-bond donors (Lipinski definition) is 2. The van der Waals surface area contributed by atoms with Crippen LogP contribution in [0.5, 0.6) is 0 Å². The van der Waals surface area contributed by atoms with Crippen molar-refractivity contribution in [2.75, 3.05) is 18.4 Å². The van der Waals surface area contributed by atoms with Gasteiger partial charge in [0.25, 0.3) is 0 Å². The lowest BCUT2D eigenvalue weighted by Crippen LogP contribution is -2.30. The molecular formula is C12H14FN3O. The lowest BCUT2D eigenvalue weighted by Gasteiger charge is -2.07. The van der Waals surface area contributed by atoms with Crippen molar-refractivity contribution in [1.82, 2.24) is 5.32 Å². The van der Waals surface area contributed by atoms with E-state index in [0.717, 1.165) is 5.56 Å². The Morgan fingerprint density at radius 3 is 2.88 bits per heavy atom. The number of aryl methyl sites for hydroxylation is 1. The van der Waals surface area contributed by atoms with Gasteiger partial charge in [0.15, 0.2) is 0 Å². The predicted molar refractivity (Wildman–Crippen MR) is 62.9 cm³/mol. The molecule has 0 bridgehead atoms. The van der Waals surface area contributed by atoms with Gasteiger partial charge < -0.3 is 10.6 Å². The first-order chi connectivity index (χ1) is 8.11. The highest BCUT2D eigenvalue weighted by atomic mass is 19.1. The van der Waals surface area contributed by atoms with Gasteiger partial charge in [-0.1, -0.05) is 0 Å². The van der Waals surface area contributed by atoms with Crippen molar-refractivity contribution in [3.05, 3.63) is 29.6 Å². The number of benzene rings is 1. The number of nitriles is 1. The molecule has 0 radical (unpaired) electrons. The smallest absolute Gasteiger partial charge is 0.239 e. The molecule has 5 heteroatoms. The number of nitrogens with zero attached hydrogens (tertiary/aromatic N) is 1. The van der Waals surface area contributed by atoms with Gasteiger partial charge in [-0.15, -0.1) is 0 Å². The average molecular weight is 235 g/mol. The zero-order valence-electron chi connectivity index (χ0n) is 9.59. The predicted octanol–water partition coefficient (Wildman–Crippen LogP) is 1.58. The number of amides is 1. The summed E-state index contributed by atoms with van der Waals surface area (Å²) in [4.78, 5) is 11.3.